The van der Waals surface area contributed by atoms with Gasteiger partial charge in [-0.2, -0.15) is 0 Å². The number of methoxy groups -OCH3 is 1. The average Bonchev–Trinajstić information content (AvgIpc) is 2.28. The maximum atomic E-state index is 11.0. The van der Waals surface area contributed by atoms with Crippen molar-refractivity contribution in [1.29, 1.82) is 0 Å². The second-order valence-electron chi connectivity index (χ2n) is 4.55. The molecular weight excluding hydrogens is 194 g/mol. The number of carbonyl (C=O) groups excluding carboxylic acids is 1. The number of rotatable bonds is 4. The highest BCUT2D eigenvalue weighted by molar-refractivity contribution is 5.71. The second-order valence-corrected chi connectivity index (χ2v) is 4.55. The Kier molecular flexibility index (Phi) is 4.54. The molecule has 1 aliphatic rings. The minimum Gasteiger partial charge on any atom is -0.468 e. The topological polar surface area (TPSA) is 58.6 Å². The average molecular weight is 215 g/mol. The van der Waals surface area contributed by atoms with Crippen molar-refractivity contribution in [1.82, 2.24) is 5.32 Å². The number of hydrogen-bond acceptors (Lipinski definition) is 4. The first kappa shape index (κ1) is 12.5. The maximum Gasteiger partial charge on any atom is 0.319 e. The van der Waals surface area contributed by atoms with Crippen LogP contribution in [0.15, 0.2) is 0 Å². The maximum absolute atomic E-state index is 11.0. The van der Waals surface area contributed by atoms with E-state index < -0.39 is 0 Å². The fourth-order valence-electron chi connectivity index (χ4n) is 2.04. The number of nitrogens with one attached hydrogen (secondary N) is 1. The summed E-state index contributed by atoms with van der Waals surface area (Å²) >= 11 is 0. The van der Waals surface area contributed by atoms with Crippen LogP contribution in [-0.4, -0.2) is 36.9 Å². The predicted octanol–water partition coefficient (Wildman–Crippen LogP) is 0.690. The minimum absolute atomic E-state index is 0.0940. The summed E-state index contributed by atoms with van der Waals surface area (Å²) in [6.45, 7) is 2.50. The van der Waals surface area contributed by atoms with Crippen molar-refractivity contribution in [2.45, 2.75) is 38.1 Å². The largest absolute Gasteiger partial charge is 0.468 e. The normalized spacial score (nSPS) is 31.3. The molecule has 0 aromatic carbocycles. The van der Waals surface area contributed by atoms with Crippen molar-refractivity contribution >= 4 is 5.97 Å². The van der Waals surface area contributed by atoms with Gasteiger partial charge in [-0.3, -0.25) is 10.1 Å². The van der Waals surface area contributed by atoms with E-state index in [2.05, 4.69) is 17.0 Å². The summed E-state index contributed by atoms with van der Waals surface area (Å²) in [5, 5.41) is 12.5. The molecule has 0 radical (unpaired) electrons. The highest BCUT2D eigenvalue weighted by Gasteiger charge is 2.33. The molecule has 0 atom stereocenters. The Balaban J connectivity index is 2.43. The summed E-state index contributed by atoms with van der Waals surface area (Å²) in [6.07, 6.45) is 4.08. The van der Waals surface area contributed by atoms with Gasteiger partial charge < -0.3 is 9.84 Å². The van der Waals surface area contributed by atoms with Gasteiger partial charge in [0, 0.05) is 5.54 Å². The van der Waals surface area contributed by atoms with Gasteiger partial charge in [0.25, 0.3) is 0 Å². The Labute approximate surface area is 91.0 Å². The number of carbonyl (C=O) groups is 1. The van der Waals surface area contributed by atoms with E-state index in [-0.39, 0.29) is 24.7 Å². The lowest BCUT2D eigenvalue weighted by molar-refractivity contribution is -0.140. The van der Waals surface area contributed by atoms with Crippen molar-refractivity contribution < 1.29 is 14.6 Å². The van der Waals surface area contributed by atoms with E-state index >= 15 is 0 Å². The lowest BCUT2D eigenvalue weighted by Crippen LogP contribution is -2.52. The van der Waals surface area contributed by atoms with Gasteiger partial charge in [-0.1, -0.05) is 6.92 Å². The third kappa shape index (κ3) is 3.47. The first-order chi connectivity index (χ1) is 7.12. The van der Waals surface area contributed by atoms with Crippen molar-refractivity contribution in [3.63, 3.8) is 0 Å². The molecule has 1 fully saturated rings. The van der Waals surface area contributed by atoms with Gasteiger partial charge in [-0.05, 0) is 31.6 Å². The van der Waals surface area contributed by atoms with Gasteiger partial charge >= 0.3 is 5.97 Å². The van der Waals surface area contributed by atoms with Crippen LogP contribution in [0.1, 0.15) is 32.6 Å². The zero-order chi connectivity index (χ0) is 11.3. The Morgan fingerprint density at radius 2 is 2.13 bits per heavy atom. The quantitative estimate of drug-likeness (QED) is 0.677. The van der Waals surface area contributed by atoms with Gasteiger partial charge in [0.15, 0.2) is 0 Å². The fourth-order valence-corrected chi connectivity index (χ4v) is 2.04. The van der Waals surface area contributed by atoms with Crippen LogP contribution >= 0.6 is 0 Å². The third-order valence-corrected chi connectivity index (χ3v) is 3.37. The molecule has 0 aliphatic heterocycles. The molecule has 0 aromatic rings. The number of ether oxygens (including phenoxy) is 1. The van der Waals surface area contributed by atoms with Crippen LogP contribution in [0.3, 0.4) is 0 Å². The first-order valence-corrected chi connectivity index (χ1v) is 5.54. The van der Waals surface area contributed by atoms with Crippen LogP contribution in [0.5, 0.6) is 0 Å². The summed E-state index contributed by atoms with van der Waals surface area (Å²) in [6, 6.07) is 0. The Hall–Kier alpha value is -0.610. The molecule has 1 rings (SSSR count). The number of esters is 1. The monoisotopic (exact) mass is 215 g/mol. The highest BCUT2D eigenvalue weighted by atomic mass is 16.5. The number of aliphatic hydroxyl groups is 1. The van der Waals surface area contributed by atoms with E-state index in [1.54, 1.807) is 0 Å². The highest BCUT2D eigenvalue weighted by Crippen LogP contribution is 2.31. The zero-order valence-electron chi connectivity index (χ0n) is 9.58. The van der Waals surface area contributed by atoms with E-state index in [0.29, 0.717) is 0 Å². The molecule has 15 heavy (non-hydrogen) atoms. The molecule has 0 amide bonds. The predicted molar refractivity (Wildman–Crippen MR) is 57.5 cm³/mol. The molecule has 88 valence electrons. The van der Waals surface area contributed by atoms with Crippen molar-refractivity contribution in [2.24, 2.45) is 5.92 Å². The second kappa shape index (κ2) is 5.47. The first-order valence-electron chi connectivity index (χ1n) is 5.54. The molecule has 1 saturated carbocycles. The molecule has 4 nitrogen and oxygen atoms in total. The summed E-state index contributed by atoms with van der Waals surface area (Å²) in [7, 11) is 1.37. The molecule has 0 bridgehead atoms. The van der Waals surface area contributed by atoms with E-state index in [4.69, 9.17) is 0 Å². The molecular formula is C11H21NO3. The van der Waals surface area contributed by atoms with E-state index in [1.807, 2.05) is 0 Å². The van der Waals surface area contributed by atoms with E-state index in [9.17, 15) is 9.90 Å². The Morgan fingerprint density at radius 3 is 2.60 bits per heavy atom. The number of hydrogen-bond donors (Lipinski definition) is 2. The molecule has 0 heterocycles. The van der Waals surface area contributed by atoms with E-state index in [0.717, 1.165) is 31.6 Å². The van der Waals surface area contributed by atoms with Crippen LogP contribution in [-0.2, 0) is 9.53 Å². The standard InChI is InChI=1S/C11H21NO3/c1-9-3-5-11(8-13,6-4-9)12-7-10(14)15-2/h9,12-13H,3-8H2,1-2H3. The SMILES string of the molecule is COC(=O)CNC1(CO)CCC(C)CC1. The third-order valence-electron chi connectivity index (χ3n) is 3.37. The summed E-state index contributed by atoms with van der Waals surface area (Å²) in [4.78, 5) is 11.0. The van der Waals surface area contributed by atoms with Gasteiger partial charge in [0.05, 0.1) is 20.3 Å². The fraction of sp³-hybridized carbons (Fsp3) is 0.909. The van der Waals surface area contributed by atoms with Gasteiger partial charge in [0.1, 0.15) is 0 Å². The minimum atomic E-state index is -0.276. The molecule has 0 aromatic heterocycles. The zero-order valence-corrected chi connectivity index (χ0v) is 9.58. The van der Waals surface area contributed by atoms with Crippen LogP contribution in [0.4, 0.5) is 0 Å². The van der Waals surface area contributed by atoms with Crippen LogP contribution in [0, 0.1) is 5.92 Å². The van der Waals surface area contributed by atoms with Crippen LogP contribution < -0.4 is 5.32 Å². The van der Waals surface area contributed by atoms with Crippen molar-refractivity contribution in [3.8, 4) is 0 Å². The Bertz CT molecular complexity index is 210. The van der Waals surface area contributed by atoms with Gasteiger partial charge in [-0.25, -0.2) is 0 Å². The lowest BCUT2D eigenvalue weighted by Gasteiger charge is -2.38. The molecule has 0 unspecified atom stereocenters. The lowest BCUT2D eigenvalue weighted by atomic mass is 9.77. The van der Waals surface area contributed by atoms with E-state index in [1.165, 1.54) is 7.11 Å². The molecule has 2 N–H and O–H groups in total. The van der Waals surface area contributed by atoms with Crippen molar-refractivity contribution in [3.05, 3.63) is 0 Å². The molecule has 0 spiro atoms. The van der Waals surface area contributed by atoms with Crippen LogP contribution in [0.2, 0.25) is 0 Å². The summed E-state index contributed by atoms with van der Waals surface area (Å²) < 4.78 is 4.57. The van der Waals surface area contributed by atoms with Gasteiger partial charge in [0.2, 0.25) is 0 Å². The molecule has 1 aliphatic carbocycles. The summed E-state index contributed by atoms with van der Waals surface area (Å²) in [5.41, 5.74) is -0.263. The van der Waals surface area contributed by atoms with Crippen LogP contribution in [0.25, 0.3) is 0 Å². The smallest absolute Gasteiger partial charge is 0.319 e. The molecule has 4 heteroatoms. The van der Waals surface area contributed by atoms with Crippen molar-refractivity contribution in [2.75, 3.05) is 20.3 Å². The Morgan fingerprint density at radius 1 is 1.53 bits per heavy atom. The number of aliphatic hydroxyl groups excluding tert-OH is 1. The summed E-state index contributed by atoms with van der Waals surface area (Å²) in [5.74, 6) is 0.450. The van der Waals surface area contributed by atoms with Gasteiger partial charge in [-0.15, -0.1) is 0 Å². The molecule has 0 saturated heterocycles.